The number of carbonyl (C=O) groups is 1. The molecule has 2 heterocycles. The van der Waals surface area contributed by atoms with E-state index >= 15 is 0 Å². The Morgan fingerprint density at radius 2 is 2.53 bits per heavy atom. The van der Waals surface area contributed by atoms with Crippen molar-refractivity contribution in [2.24, 2.45) is 4.99 Å². The van der Waals surface area contributed by atoms with Crippen LogP contribution in [0.3, 0.4) is 0 Å². The van der Waals surface area contributed by atoms with Crippen molar-refractivity contribution in [2.75, 3.05) is 12.3 Å². The molecule has 1 amide bonds. The predicted octanol–water partition coefficient (Wildman–Crippen LogP) is 0.736. The lowest BCUT2D eigenvalue weighted by molar-refractivity contribution is -0.122. The summed E-state index contributed by atoms with van der Waals surface area (Å²) in [6.45, 7) is 2.90. The number of aliphatic imine (C=N–C) groups is 1. The smallest absolute Gasteiger partial charge is 0.220 e. The van der Waals surface area contributed by atoms with Crippen LogP contribution < -0.4 is 10.6 Å². The van der Waals surface area contributed by atoms with Gasteiger partial charge >= 0.3 is 0 Å². The van der Waals surface area contributed by atoms with Crippen molar-refractivity contribution >= 4 is 22.8 Å². The Bertz CT molecular complexity index is 270. The van der Waals surface area contributed by atoms with Gasteiger partial charge in [-0.15, -0.1) is 0 Å². The molecule has 4 nitrogen and oxygen atoms in total. The maximum absolute atomic E-state index is 11.0. The van der Waals surface area contributed by atoms with Crippen molar-refractivity contribution in [3.63, 3.8) is 0 Å². The topological polar surface area (TPSA) is 53.5 Å². The maximum atomic E-state index is 11.0. The molecule has 2 aliphatic rings. The Balaban J connectivity index is 1.80. The zero-order chi connectivity index (χ0) is 10.7. The second-order valence-corrected chi connectivity index (χ2v) is 5.00. The van der Waals surface area contributed by atoms with E-state index in [1.165, 1.54) is 0 Å². The summed E-state index contributed by atoms with van der Waals surface area (Å²) in [7, 11) is 0. The van der Waals surface area contributed by atoms with Gasteiger partial charge in [-0.2, -0.15) is 0 Å². The molecule has 0 saturated carbocycles. The summed E-state index contributed by atoms with van der Waals surface area (Å²) >= 11 is 1.80. The van der Waals surface area contributed by atoms with Crippen LogP contribution in [0.25, 0.3) is 0 Å². The molecule has 2 unspecified atom stereocenters. The third-order valence-electron chi connectivity index (χ3n) is 2.78. The van der Waals surface area contributed by atoms with Gasteiger partial charge in [0, 0.05) is 24.8 Å². The summed E-state index contributed by atoms with van der Waals surface area (Å²) in [5.41, 5.74) is 0. The molecule has 84 valence electrons. The first-order valence-electron chi connectivity index (χ1n) is 5.51. The highest BCUT2D eigenvalue weighted by Gasteiger charge is 2.22. The summed E-state index contributed by atoms with van der Waals surface area (Å²) in [5, 5.41) is 7.32. The van der Waals surface area contributed by atoms with Gasteiger partial charge < -0.3 is 10.6 Å². The van der Waals surface area contributed by atoms with E-state index in [1.54, 1.807) is 11.8 Å². The first-order chi connectivity index (χ1) is 7.28. The average molecular weight is 227 g/mol. The molecular formula is C10H17N3OS. The Morgan fingerprint density at radius 1 is 1.67 bits per heavy atom. The first kappa shape index (κ1) is 10.8. The molecule has 1 fully saturated rings. The van der Waals surface area contributed by atoms with Crippen molar-refractivity contribution in [1.82, 2.24) is 10.6 Å². The number of carbonyl (C=O) groups excluding carboxylic acids is 1. The molecule has 0 aromatic carbocycles. The SMILES string of the molecule is CCC1CSC(NC2CCC(=O)NC2)=N1. The van der Waals surface area contributed by atoms with Gasteiger partial charge in [0.2, 0.25) is 5.91 Å². The molecule has 0 radical (unpaired) electrons. The van der Waals surface area contributed by atoms with Gasteiger partial charge in [-0.3, -0.25) is 9.79 Å². The van der Waals surface area contributed by atoms with Gasteiger partial charge in [0.15, 0.2) is 5.17 Å². The van der Waals surface area contributed by atoms with E-state index in [2.05, 4.69) is 22.5 Å². The Morgan fingerprint density at radius 3 is 3.13 bits per heavy atom. The quantitative estimate of drug-likeness (QED) is 0.731. The Kier molecular flexibility index (Phi) is 3.51. The van der Waals surface area contributed by atoms with E-state index in [-0.39, 0.29) is 5.91 Å². The van der Waals surface area contributed by atoms with Crippen LogP contribution in [0.2, 0.25) is 0 Å². The zero-order valence-corrected chi connectivity index (χ0v) is 9.77. The average Bonchev–Trinajstić information content (AvgIpc) is 2.69. The second kappa shape index (κ2) is 4.88. The number of hydrogen-bond acceptors (Lipinski definition) is 4. The van der Waals surface area contributed by atoms with Gasteiger partial charge in [0.25, 0.3) is 0 Å². The van der Waals surface area contributed by atoms with Gasteiger partial charge in [-0.1, -0.05) is 18.7 Å². The third-order valence-corrected chi connectivity index (χ3v) is 3.82. The number of nitrogens with one attached hydrogen (secondary N) is 2. The molecule has 2 atom stereocenters. The molecule has 5 heteroatoms. The molecule has 2 N–H and O–H groups in total. The zero-order valence-electron chi connectivity index (χ0n) is 8.95. The van der Waals surface area contributed by atoms with Crippen LogP contribution in [0.4, 0.5) is 0 Å². The van der Waals surface area contributed by atoms with Gasteiger partial charge in [-0.25, -0.2) is 0 Å². The summed E-state index contributed by atoms with van der Waals surface area (Å²) in [6.07, 6.45) is 2.66. The molecule has 0 aliphatic carbocycles. The molecule has 2 rings (SSSR count). The highest BCUT2D eigenvalue weighted by atomic mass is 32.2. The van der Waals surface area contributed by atoms with Gasteiger partial charge in [-0.05, 0) is 12.8 Å². The van der Waals surface area contributed by atoms with Crippen LogP contribution in [-0.4, -0.2) is 35.5 Å². The summed E-state index contributed by atoms with van der Waals surface area (Å²) in [4.78, 5) is 15.5. The van der Waals surface area contributed by atoms with E-state index < -0.39 is 0 Å². The van der Waals surface area contributed by atoms with Crippen LogP contribution in [-0.2, 0) is 4.79 Å². The predicted molar refractivity (Wildman–Crippen MR) is 63.1 cm³/mol. The minimum Gasteiger partial charge on any atom is -0.360 e. The van der Waals surface area contributed by atoms with Gasteiger partial charge in [0.1, 0.15) is 0 Å². The van der Waals surface area contributed by atoms with Crippen molar-refractivity contribution in [1.29, 1.82) is 0 Å². The maximum Gasteiger partial charge on any atom is 0.220 e. The van der Waals surface area contributed by atoms with E-state index in [4.69, 9.17) is 0 Å². The lowest BCUT2D eigenvalue weighted by Gasteiger charge is -2.23. The fourth-order valence-corrected chi connectivity index (χ4v) is 2.87. The molecule has 2 aliphatic heterocycles. The fourth-order valence-electron chi connectivity index (χ4n) is 1.73. The number of rotatable bonds is 2. The van der Waals surface area contributed by atoms with Crippen molar-refractivity contribution < 1.29 is 4.79 Å². The fraction of sp³-hybridized carbons (Fsp3) is 0.800. The molecular weight excluding hydrogens is 210 g/mol. The standard InChI is InChI=1S/C10H17N3OS/c1-2-7-6-15-10(12-7)13-8-3-4-9(14)11-5-8/h7-8H,2-6H2,1H3,(H,11,14)(H,12,13). The summed E-state index contributed by atoms with van der Waals surface area (Å²) < 4.78 is 0. The van der Waals surface area contributed by atoms with E-state index in [0.29, 0.717) is 18.5 Å². The minimum absolute atomic E-state index is 0.167. The lowest BCUT2D eigenvalue weighted by atomic mass is 10.1. The largest absolute Gasteiger partial charge is 0.360 e. The summed E-state index contributed by atoms with van der Waals surface area (Å²) in [5.74, 6) is 1.26. The molecule has 0 bridgehead atoms. The number of thioether (sulfide) groups is 1. The first-order valence-corrected chi connectivity index (χ1v) is 6.50. The second-order valence-electron chi connectivity index (χ2n) is 3.99. The number of piperidine rings is 1. The van der Waals surface area contributed by atoms with Crippen molar-refractivity contribution in [2.45, 2.75) is 38.3 Å². The normalized spacial score (nSPS) is 31.0. The van der Waals surface area contributed by atoms with Crippen LogP contribution >= 0.6 is 11.8 Å². The highest BCUT2D eigenvalue weighted by Crippen LogP contribution is 2.19. The number of amides is 1. The third kappa shape index (κ3) is 2.87. The number of amidine groups is 1. The molecule has 1 saturated heterocycles. The van der Waals surface area contributed by atoms with Crippen LogP contribution in [0.5, 0.6) is 0 Å². The Labute approximate surface area is 94.3 Å². The molecule has 0 aromatic rings. The Hall–Kier alpha value is -0.710. The molecule has 15 heavy (non-hydrogen) atoms. The van der Waals surface area contributed by atoms with E-state index in [1.807, 2.05) is 0 Å². The lowest BCUT2D eigenvalue weighted by Crippen LogP contribution is -2.46. The number of hydrogen-bond donors (Lipinski definition) is 2. The molecule has 0 aromatic heterocycles. The summed E-state index contributed by atoms with van der Waals surface area (Å²) in [6, 6.07) is 0.847. The van der Waals surface area contributed by atoms with Crippen LogP contribution in [0.15, 0.2) is 4.99 Å². The highest BCUT2D eigenvalue weighted by molar-refractivity contribution is 8.14. The van der Waals surface area contributed by atoms with Gasteiger partial charge in [0.05, 0.1) is 6.04 Å². The van der Waals surface area contributed by atoms with Crippen LogP contribution in [0.1, 0.15) is 26.2 Å². The monoisotopic (exact) mass is 227 g/mol. The van der Waals surface area contributed by atoms with Crippen molar-refractivity contribution in [3.8, 4) is 0 Å². The number of nitrogens with zero attached hydrogens (tertiary/aromatic N) is 1. The molecule has 0 spiro atoms. The van der Waals surface area contributed by atoms with E-state index in [0.717, 1.165) is 30.3 Å². The van der Waals surface area contributed by atoms with Crippen LogP contribution in [0, 0.1) is 0 Å². The van der Waals surface area contributed by atoms with E-state index in [9.17, 15) is 4.79 Å². The minimum atomic E-state index is 0.167. The van der Waals surface area contributed by atoms with Crippen molar-refractivity contribution in [3.05, 3.63) is 0 Å².